The van der Waals surface area contributed by atoms with Crippen LogP contribution in [-0.4, -0.2) is 85.5 Å². The van der Waals surface area contributed by atoms with Gasteiger partial charge in [0.05, 0.1) is 0 Å². The Morgan fingerprint density at radius 1 is 0.900 bits per heavy atom. The van der Waals surface area contributed by atoms with E-state index in [4.69, 9.17) is 0 Å². The fourth-order valence-electron chi connectivity index (χ4n) is 7.99. The third kappa shape index (κ3) is 6.59. The van der Waals surface area contributed by atoms with Crippen molar-refractivity contribution in [1.29, 1.82) is 0 Å². The largest absolute Gasteiger partial charge is 0.371 e. The van der Waals surface area contributed by atoms with Crippen LogP contribution in [0.3, 0.4) is 0 Å². The van der Waals surface area contributed by atoms with Crippen molar-refractivity contribution >= 4 is 29.2 Å². The first-order valence-corrected chi connectivity index (χ1v) is 17.8. The van der Waals surface area contributed by atoms with Crippen LogP contribution in [0.1, 0.15) is 71.5 Å². The zero-order valence-electron chi connectivity index (χ0n) is 28.4. The fraction of sp³-hybridized carbons (Fsp3) is 0.421. The Balaban J connectivity index is 0.791. The summed E-state index contributed by atoms with van der Waals surface area (Å²) in [4.78, 5) is 48.4. The van der Waals surface area contributed by atoms with Gasteiger partial charge in [0.2, 0.25) is 11.8 Å². The zero-order valence-corrected chi connectivity index (χ0v) is 28.4. The first-order chi connectivity index (χ1) is 24.4. The summed E-state index contributed by atoms with van der Waals surface area (Å²) in [5, 5.41) is 14.1. The predicted octanol–water partition coefficient (Wildman–Crippen LogP) is 4.10. The fourth-order valence-corrected chi connectivity index (χ4v) is 7.99. The van der Waals surface area contributed by atoms with E-state index in [9.17, 15) is 14.4 Å². The molecule has 8 rings (SSSR count). The van der Waals surface area contributed by atoms with Gasteiger partial charge >= 0.3 is 0 Å². The van der Waals surface area contributed by atoms with E-state index < -0.39 is 6.04 Å². The molecule has 258 valence electrons. The lowest BCUT2D eigenvalue weighted by Crippen LogP contribution is -2.52. The quantitative estimate of drug-likeness (QED) is 0.266. The molecule has 0 saturated carbocycles. The number of benzene rings is 2. The minimum Gasteiger partial charge on any atom is -0.371 e. The van der Waals surface area contributed by atoms with Gasteiger partial charge in [0.15, 0.2) is 5.82 Å². The molecule has 4 aromatic rings. The van der Waals surface area contributed by atoms with Gasteiger partial charge in [-0.2, -0.15) is 0 Å². The number of nitrogens with zero attached hydrogens (tertiary/aromatic N) is 7. The Labute approximate surface area is 291 Å². The van der Waals surface area contributed by atoms with Crippen molar-refractivity contribution < 1.29 is 14.4 Å². The van der Waals surface area contributed by atoms with Gasteiger partial charge in [0, 0.05) is 68.7 Å². The SMILES string of the molecule is Cn1cnnc1-c1ccc(NC2CCN(c3ccc(CN4CCC(c5ccc6c(c5)CN(C5CCC(=O)NC5=O)C6=O)CC4)cc3)CC2)nc1. The molecule has 4 aliphatic rings. The number of pyridine rings is 1. The van der Waals surface area contributed by atoms with Crippen molar-refractivity contribution in [2.75, 3.05) is 36.4 Å². The van der Waals surface area contributed by atoms with Gasteiger partial charge in [-0.1, -0.05) is 24.3 Å². The predicted molar refractivity (Wildman–Crippen MR) is 189 cm³/mol. The van der Waals surface area contributed by atoms with Gasteiger partial charge in [0.25, 0.3) is 5.91 Å². The summed E-state index contributed by atoms with van der Waals surface area (Å²) in [6, 6.07) is 19.2. The number of likely N-dealkylation sites (tertiary alicyclic amines) is 1. The number of anilines is 2. The normalized spacial score (nSPS) is 20.7. The number of aryl methyl sites for hydroxylation is 1. The molecule has 0 bridgehead atoms. The second-order valence-corrected chi connectivity index (χ2v) is 14.1. The molecule has 1 atom stereocenters. The molecule has 0 radical (unpaired) electrons. The van der Waals surface area contributed by atoms with Crippen LogP contribution in [-0.2, 0) is 29.7 Å². The van der Waals surface area contributed by atoms with Crippen LogP contribution in [0.25, 0.3) is 11.4 Å². The van der Waals surface area contributed by atoms with Gasteiger partial charge in [-0.25, -0.2) is 4.98 Å². The van der Waals surface area contributed by atoms with Gasteiger partial charge in [-0.15, -0.1) is 10.2 Å². The summed E-state index contributed by atoms with van der Waals surface area (Å²) in [7, 11) is 1.93. The van der Waals surface area contributed by atoms with Crippen molar-refractivity contribution in [3.63, 3.8) is 0 Å². The topological polar surface area (TPSA) is 129 Å². The Kier molecular flexibility index (Phi) is 8.78. The lowest BCUT2D eigenvalue weighted by Gasteiger charge is -2.34. The molecule has 3 fully saturated rings. The minimum atomic E-state index is -0.576. The first kappa shape index (κ1) is 32.1. The molecule has 12 heteroatoms. The summed E-state index contributed by atoms with van der Waals surface area (Å²) >= 11 is 0. The molecule has 4 aliphatic heterocycles. The molecule has 3 saturated heterocycles. The Hall–Kier alpha value is -5.10. The Morgan fingerprint density at radius 2 is 1.70 bits per heavy atom. The molecule has 2 aromatic heterocycles. The maximum atomic E-state index is 13.1. The van der Waals surface area contributed by atoms with Gasteiger partial charge < -0.3 is 19.7 Å². The van der Waals surface area contributed by atoms with E-state index in [1.54, 1.807) is 11.2 Å². The number of aromatic nitrogens is 4. The lowest BCUT2D eigenvalue weighted by atomic mass is 9.87. The zero-order chi connectivity index (χ0) is 34.2. The van der Waals surface area contributed by atoms with E-state index in [0.717, 1.165) is 81.2 Å². The molecular formula is C38H43N9O3. The highest BCUT2D eigenvalue weighted by atomic mass is 16.2. The number of hydrogen-bond acceptors (Lipinski definition) is 9. The highest BCUT2D eigenvalue weighted by Crippen LogP contribution is 2.34. The highest BCUT2D eigenvalue weighted by Gasteiger charge is 2.39. The van der Waals surface area contributed by atoms with E-state index in [0.29, 0.717) is 30.5 Å². The van der Waals surface area contributed by atoms with Crippen molar-refractivity contribution in [2.24, 2.45) is 7.05 Å². The van der Waals surface area contributed by atoms with Crippen molar-refractivity contribution in [2.45, 2.75) is 69.6 Å². The molecule has 3 amide bonds. The smallest absolute Gasteiger partial charge is 0.255 e. The van der Waals surface area contributed by atoms with Crippen LogP contribution in [0, 0.1) is 0 Å². The molecular weight excluding hydrogens is 630 g/mol. The van der Waals surface area contributed by atoms with E-state index in [2.05, 4.69) is 72.0 Å². The van der Waals surface area contributed by atoms with Crippen LogP contribution in [0.2, 0.25) is 0 Å². The summed E-state index contributed by atoms with van der Waals surface area (Å²) < 4.78 is 1.89. The molecule has 12 nitrogen and oxygen atoms in total. The van der Waals surface area contributed by atoms with Crippen molar-refractivity contribution in [3.8, 4) is 11.4 Å². The number of hydrogen-bond donors (Lipinski definition) is 2. The maximum absolute atomic E-state index is 13.1. The van der Waals surface area contributed by atoms with Crippen LogP contribution < -0.4 is 15.5 Å². The van der Waals surface area contributed by atoms with Crippen LogP contribution in [0.15, 0.2) is 67.1 Å². The first-order valence-electron chi connectivity index (χ1n) is 17.8. The number of imide groups is 1. The second kappa shape index (κ2) is 13.7. The standard InChI is InChI=1S/C38H43N9O3/c1-44-24-40-43-36(44)28-5-10-34(39-21-28)41-30-14-18-46(19-15-30)31-6-2-25(3-7-31)22-45-16-12-26(13-17-45)27-4-8-32-29(20-27)23-47(38(32)50)33-9-11-35(48)42-37(33)49/h2-8,10,20-21,24,26,30,33H,9,11-19,22-23H2,1H3,(H,39,41)(H,42,48,49). The highest BCUT2D eigenvalue weighted by molar-refractivity contribution is 6.05. The summed E-state index contributed by atoms with van der Waals surface area (Å²) in [6.45, 7) is 5.45. The van der Waals surface area contributed by atoms with E-state index >= 15 is 0 Å². The number of nitrogens with one attached hydrogen (secondary N) is 2. The van der Waals surface area contributed by atoms with E-state index in [1.165, 1.54) is 16.8 Å². The van der Waals surface area contributed by atoms with E-state index in [-0.39, 0.29) is 24.1 Å². The van der Waals surface area contributed by atoms with Gasteiger partial charge in [0.1, 0.15) is 18.2 Å². The van der Waals surface area contributed by atoms with Crippen molar-refractivity contribution in [1.82, 2.24) is 34.9 Å². The summed E-state index contributed by atoms with van der Waals surface area (Å²) in [5.41, 5.74) is 6.52. The second-order valence-electron chi connectivity index (χ2n) is 14.1. The molecule has 50 heavy (non-hydrogen) atoms. The molecule has 0 aliphatic carbocycles. The van der Waals surface area contributed by atoms with E-state index in [1.807, 2.05) is 36.0 Å². The number of piperidine rings is 3. The van der Waals surface area contributed by atoms with Crippen LogP contribution >= 0.6 is 0 Å². The molecule has 0 spiro atoms. The average molecular weight is 674 g/mol. The molecule has 1 unspecified atom stereocenters. The average Bonchev–Trinajstić information content (AvgIpc) is 3.71. The summed E-state index contributed by atoms with van der Waals surface area (Å²) in [6.07, 6.45) is 8.46. The van der Waals surface area contributed by atoms with Gasteiger partial charge in [-0.05, 0) is 98.1 Å². The Morgan fingerprint density at radius 3 is 2.40 bits per heavy atom. The van der Waals surface area contributed by atoms with Crippen molar-refractivity contribution in [3.05, 3.63) is 89.4 Å². The number of amides is 3. The monoisotopic (exact) mass is 673 g/mol. The summed E-state index contributed by atoms with van der Waals surface area (Å²) in [5.74, 6) is 1.41. The number of carbonyl (C=O) groups excluding carboxylic acids is 3. The molecule has 2 aromatic carbocycles. The number of rotatable bonds is 8. The number of fused-ring (bicyclic) bond motifs is 1. The van der Waals surface area contributed by atoms with Crippen LogP contribution in [0.4, 0.5) is 11.5 Å². The molecule has 6 heterocycles. The third-order valence-electron chi connectivity index (χ3n) is 10.9. The lowest BCUT2D eigenvalue weighted by molar-refractivity contribution is -0.136. The maximum Gasteiger partial charge on any atom is 0.255 e. The number of carbonyl (C=O) groups is 3. The van der Waals surface area contributed by atoms with Gasteiger partial charge in [-0.3, -0.25) is 24.6 Å². The molecule has 2 N–H and O–H groups in total. The Bertz CT molecular complexity index is 1870. The third-order valence-corrected chi connectivity index (χ3v) is 10.9. The van der Waals surface area contributed by atoms with Crippen LogP contribution in [0.5, 0.6) is 0 Å². The minimum absolute atomic E-state index is 0.112.